The monoisotopic (exact) mass is 314 g/mol. The van der Waals surface area contributed by atoms with Gasteiger partial charge in [-0.15, -0.1) is 0 Å². The predicted molar refractivity (Wildman–Crippen MR) is 84.9 cm³/mol. The Morgan fingerprint density at radius 3 is 2.86 bits per heavy atom. The van der Waals surface area contributed by atoms with Gasteiger partial charge in [0.2, 0.25) is 0 Å². The molecule has 0 aliphatic carbocycles. The van der Waals surface area contributed by atoms with Gasteiger partial charge in [-0.2, -0.15) is 0 Å². The highest BCUT2D eigenvalue weighted by Crippen LogP contribution is 2.24. The molecule has 118 valence electrons. The molecule has 1 aromatic rings. The van der Waals surface area contributed by atoms with Gasteiger partial charge in [0, 0.05) is 20.2 Å². The third kappa shape index (κ3) is 6.56. The van der Waals surface area contributed by atoms with E-state index in [0.717, 1.165) is 5.57 Å². The first-order chi connectivity index (χ1) is 10.0. The molecular formula is C13H22N4O3S. The highest BCUT2D eigenvalue weighted by atomic mass is 32.1. The topological polar surface area (TPSA) is 98.5 Å². The van der Waals surface area contributed by atoms with Crippen LogP contribution >= 0.6 is 11.3 Å². The Morgan fingerprint density at radius 2 is 2.19 bits per heavy atom. The van der Waals surface area contributed by atoms with Crippen LogP contribution in [0.2, 0.25) is 0 Å². The SMILES string of the molecule is C=C(C)COCCNC(=O)c1sc(NCCOC)nc1N. The maximum atomic E-state index is 12.0. The number of hydrogen-bond donors (Lipinski definition) is 3. The van der Waals surface area contributed by atoms with Gasteiger partial charge in [0.25, 0.3) is 5.91 Å². The summed E-state index contributed by atoms with van der Waals surface area (Å²) in [6.45, 7) is 8.11. The molecule has 0 saturated carbocycles. The minimum absolute atomic E-state index is 0.222. The lowest BCUT2D eigenvalue weighted by Crippen LogP contribution is -2.27. The van der Waals surface area contributed by atoms with Crippen molar-refractivity contribution in [2.45, 2.75) is 6.92 Å². The maximum Gasteiger partial charge on any atom is 0.265 e. The first-order valence-corrected chi connectivity index (χ1v) is 7.35. The summed E-state index contributed by atoms with van der Waals surface area (Å²) in [5, 5.41) is 6.38. The minimum Gasteiger partial charge on any atom is -0.383 e. The largest absolute Gasteiger partial charge is 0.383 e. The Balaban J connectivity index is 2.37. The number of ether oxygens (including phenoxy) is 2. The fourth-order valence-corrected chi connectivity index (χ4v) is 2.22. The predicted octanol–water partition coefficient (Wildman–Crippen LogP) is 1.11. The van der Waals surface area contributed by atoms with Crippen LogP contribution in [0.3, 0.4) is 0 Å². The van der Waals surface area contributed by atoms with Crippen LogP contribution in [0, 0.1) is 0 Å². The van der Waals surface area contributed by atoms with Crippen molar-refractivity contribution in [1.29, 1.82) is 0 Å². The van der Waals surface area contributed by atoms with E-state index in [1.54, 1.807) is 7.11 Å². The van der Waals surface area contributed by atoms with Gasteiger partial charge in [0.1, 0.15) is 10.7 Å². The maximum absolute atomic E-state index is 12.0. The van der Waals surface area contributed by atoms with Gasteiger partial charge < -0.3 is 25.8 Å². The molecule has 0 aromatic carbocycles. The number of aromatic nitrogens is 1. The van der Waals surface area contributed by atoms with Gasteiger partial charge in [-0.25, -0.2) is 4.98 Å². The van der Waals surface area contributed by atoms with Crippen LogP contribution in [-0.2, 0) is 9.47 Å². The lowest BCUT2D eigenvalue weighted by molar-refractivity contribution is 0.0931. The van der Waals surface area contributed by atoms with Crippen LogP contribution < -0.4 is 16.4 Å². The van der Waals surface area contributed by atoms with Crippen molar-refractivity contribution in [2.24, 2.45) is 0 Å². The Bertz CT molecular complexity index is 476. The molecule has 0 aliphatic rings. The van der Waals surface area contributed by atoms with E-state index in [2.05, 4.69) is 22.2 Å². The standard InChI is InChI=1S/C13H22N4O3S/c1-9(2)8-20-7-5-15-12(18)10-11(14)17-13(21-10)16-4-6-19-3/h1,4-8,14H2,2-3H3,(H,15,18)(H,16,17). The molecule has 4 N–H and O–H groups in total. The van der Waals surface area contributed by atoms with Crippen molar-refractivity contribution in [3.63, 3.8) is 0 Å². The first-order valence-electron chi connectivity index (χ1n) is 6.54. The molecule has 0 bridgehead atoms. The van der Waals surface area contributed by atoms with Gasteiger partial charge in [-0.05, 0) is 6.92 Å². The summed E-state index contributed by atoms with van der Waals surface area (Å²) in [4.78, 5) is 16.5. The van der Waals surface area contributed by atoms with Gasteiger partial charge in [0.05, 0.1) is 19.8 Å². The number of nitrogens with two attached hydrogens (primary N) is 1. The summed E-state index contributed by atoms with van der Waals surface area (Å²) in [5.41, 5.74) is 6.69. The van der Waals surface area contributed by atoms with Crippen molar-refractivity contribution >= 4 is 28.2 Å². The molecule has 0 radical (unpaired) electrons. The van der Waals surface area contributed by atoms with Crippen LogP contribution in [0.25, 0.3) is 0 Å². The molecule has 1 rings (SSSR count). The zero-order valence-electron chi connectivity index (χ0n) is 12.4. The molecule has 0 atom stereocenters. The summed E-state index contributed by atoms with van der Waals surface area (Å²) in [7, 11) is 1.62. The van der Waals surface area contributed by atoms with Crippen LogP contribution in [-0.4, -0.2) is 50.9 Å². The summed E-state index contributed by atoms with van der Waals surface area (Å²) >= 11 is 1.22. The molecule has 0 fully saturated rings. The number of nitrogens with zero attached hydrogens (tertiary/aromatic N) is 1. The van der Waals surface area contributed by atoms with Crippen molar-refractivity contribution in [1.82, 2.24) is 10.3 Å². The summed E-state index contributed by atoms with van der Waals surface area (Å²) in [6.07, 6.45) is 0. The lowest BCUT2D eigenvalue weighted by atomic mass is 10.4. The quantitative estimate of drug-likeness (QED) is 0.442. The number of nitrogens with one attached hydrogen (secondary N) is 2. The molecule has 21 heavy (non-hydrogen) atoms. The summed E-state index contributed by atoms with van der Waals surface area (Å²) < 4.78 is 10.2. The molecule has 0 aliphatic heterocycles. The second-order valence-corrected chi connectivity index (χ2v) is 5.42. The number of carbonyl (C=O) groups is 1. The van der Waals surface area contributed by atoms with Crippen LogP contribution in [0.4, 0.5) is 10.9 Å². The highest BCUT2D eigenvalue weighted by Gasteiger charge is 2.15. The second-order valence-electron chi connectivity index (χ2n) is 4.42. The van der Waals surface area contributed by atoms with Gasteiger partial charge >= 0.3 is 0 Å². The fraction of sp³-hybridized carbons (Fsp3) is 0.538. The molecule has 1 heterocycles. The number of thiazole rings is 1. The number of carbonyl (C=O) groups excluding carboxylic acids is 1. The van der Waals surface area contributed by atoms with E-state index >= 15 is 0 Å². The first kappa shape index (κ1) is 17.4. The molecular weight excluding hydrogens is 292 g/mol. The second kappa shape index (κ2) is 9.32. The zero-order valence-corrected chi connectivity index (χ0v) is 13.2. The number of nitrogen functional groups attached to an aromatic ring is 1. The Hall–Kier alpha value is -1.64. The van der Waals surface area contributed by atoms with Crippen LogP contribution in [0.5, 0.6) is 0 Å². The molecule has 1 aromatic heterocycles. The normalized spacial score (nSPS) is 10.4. The number of amides is 1. The average Bonchev–Trinajstić information content (AvgIpc) is 2.79. The van der Waals surface area contributed by atoms with E-state index in [9.17, 15) is 4.79 Å². The van der Waals surface area contributed by atoms with Crippen molar-refractivity contribution in [3.8, 4) is 0 Å². The number of rotatable bonds is 10. The van der Waals surface area contributed by atoms with Crippen LogP contribution in [0.15, 0.2) is 12.2 Å². The van der Waals surface area contributed by atoms with Crippen molar-refractivity contribution < 1.29 is 14.3 Å². The molecule has 0 unspecified atom stereocenters. The van der Waals surface area contributed by atoms with Crippen molar-refractivity contribution in [3.05, 3.63) is 17.0 Å². The van der Waals surface area contributed by atoms with Gasteiger partial charge in [0.15, 0.2) is 5.13 Å². The Morgan fingerprint density at radius 1 is 1.43 bits per heavy atom. The molecule has 0 spiro atoms. The zero-order chi connectivity index (χ0) is 15.7. The smallest absolute Gasteiger partial charge is 0.265 e. The Labute approximate surface area is 128 Å². The van der Waals surface area contributed by atoms with Gasteiger partial charge in [-0.3, -0.25) is 4.79 Å². The third-order valence-electron chi connectivity index (χ3n) is 2.32. The van der Waals surface area contributed by atoms with E-state index in [0.29, 0.717) is 42.9 Å². The van der Waals surface area contributed by atoms with E-state index in [1.165, 1.54) is 11.3 Å². The highest BCUT2D eigenvalue weighted by molar-refractivity contribution is 7.18. The lowest BCUT2D eigenvalue weighted by Gasteiger charge is -2.05. The molecule has 1 amide bonds. The molecule has 0 saturated heterocycles. The van der Waals surface area contributed by atoms with E-state index in [-0.39, 0.29) is 11.7 Å². The molecule has 8 heteroatoms. The van der Waals surface area contributed by atoms with Crippen LogP contribution in [0.1, 0.15) is 16.6 Å². The van der Waals surface area contributed by atoms with Gasteiger partial charge in [-0.1, -0.05) is 23.5 Å². The minimum atomic E-state index is -0.247. The fourth-order valence-electron chi connectivity index (χ4n) is 1.39. The third-order valence-corrected chi connectivity index (χ3v) is 3.35. The number of anilines is 2. The summed E-state index contributed by atoms with van der Waals surface area (Å²) in [6, 6.07) is 0. The van der Waals surface area contributed by atoms with Crippen molar-refractivity contribution in [2.75, 3.05) is 51.1 Å². The number of methoxy groups -OCH3 is 1. The van der Waals surface area contributed by atoms with E-state index in [4.69, 9.17) is 15.2 Å². The molecule has 7 nitrogen and oxygen atoms in total. The average molecular weight is 314 g/mol. The Kier molecular flexibility index (Phi) is 7.73. The van der Waals surface area contributed by atoms with E-state index in [1.807, 2.05) is 6.92 Å². The number of hydrogen-bond acceptors (Lipinski definition) is 7. The van der Waals surface area contributed by atoms with E-state index < -0.39 is 0 Å². The summed E-state index contributed by atoms with van der Waals surface area (Å²) in [5.74, 6) is -0.0241.